The Hall–Kier alpha value is -3.26. The predicted molar refractivity (Wildman–Crippen MR) is 96.6 cm³/mol. The van der Waals surface area contributed by atoms with Crippen molar-refractivity contribution in [3.8, 4) is 5.95 Å². The molecule has 2 aromatic heterocycles. The van der Waals surface area contributed by atoms with Gasteiger partial charge in [-0.1, -0.05) is 12.1 Å². The summed E-state index contributed by atoms with van der Waals surface area (Å²) >= 11 is 0. The van der Waals surface area contributed by atoms with Crippen molar-refractivity contribution < 1.29 is 9.90 Å². The number of hydrogen-bond acceptors (Lipinski definition) is 5. The lowest BCUT2D eigenvalue weighted by atomic mass is 10.1. The Morgan fingerprint density at radius 3 is 2.42 bits per heavy atom. The minimum absolute atomic E-state index is 0.0704. The molecule has 0 aliphatic heterocycles. The van der Waals surface area contributed by atoms with Gasteiger partial charge in [-0.2, -0.15) is 4.68 Å². The average Bonchev–Trinajstić information content (AvgIpc) is 2.98. The predicted octanol–water partition coefficient (Wildman–Crippen LogP) is 1.36. The summed E-state index contributed by atoms with van der Waals surface area (Å²) < 4.78 is 1.14. The van der Waals surface area contributed by atoms with Gasteiger partial charge in [-0.05, 0) is 44.0 Å². The van der Waals surface area contributed by atoms with Gasteiger partial charge in [0.1, 0.15) is 5.69 Å². The lowest BCUT2D eigenvalue weighted by molar-refractivity contribution is 0.102. The number of anilines is 1. The van der Waals surface area contributed by atoms with Crippen LogP contribution in [0.1, 0.15) is 27.4 Å². The molecule has 0 fully saturated rings. The molecular formula is C18H19N5O3. The number of nitrogens with zero attached hydrogens (tertiary/aromatic N) is 3. The summed E-state index contributed by atoms with van der Waals surface area (Å²) in [7, 11) is 0. The molecule has 0 unspecified atom stereocenters. The van der Waals surface area contributed by atoms with Crippen molar-refractivity contribution in [3.05, 3.63) is 69.4 Å². The summed E-state index contributed by atoms with van der Waals surface area (Å²) in [6.07, 6.45) is 0.556. The van der Waals surface area contributed by atoms with Gasteiger partial charge in [-0.25, -0.2) is 9.97 Å². The highest BCUT2D eigenvalue weighted by Gasteiger charge is 2.14. The number of aryl methyl sites for hydroxylation is 2. The number of carbonyl (C=O) groups excluding carboxylic acids is 1. The summed E-state index contributed by atoms with van der Waals surface area (Å²) in [5.74, 6) is -0.250. The van der Waals surface area contributed by atoms with Crippen molar-refractivity contribution >= 4 is 11.6 Å². The average molecular weight is 353 g/mol. The number of benzene rings is 1. The van der Waals surface area contributed by atoms with Crippen molar-refractivity contribution in [2.75, 3.05) is 11.9 Å². The largest absolute Gasteiger partial charge is 0.396 e. The van der Waals surface area contributed by atoms with Gasteiger partial charge in [-0.3, -0.25) is 14.7 Å². The second-order valence-corrected chi connectivity index (χ2v) is 5.92. The Labute approximate surface area is 149 Å². The first kappa shape index (κ1) is 17.6. The number of H-pyrrole nitrogens is 1. The molecule has 0 atom stereocenters. The number of aliphatic hydroxyl groups is 1. The summed E-state index contributed by atoms with van der Waals surface area (Å²) in [6.45, 7) is 3.68. The van der Waals surface area contributed by atoms with Gasteiger partial charge in [-0.15, -0.1) is 0 Å². The van der Waals surface area contributed by atoms with Gasteiger partial charge in [0, 0.05) is 29.7 Å². The number of amides is 1. The molecule has 26 heavy (non-hydrogen) atoms. The molecule has 3 rings (SSSR count). The van der Waals surface area contributed by atoms with Crippen LogP contribution in [-0.2, 0) is 6.42 Å². The first-order chi connectivity index (χ1) is 12.5. The molecule has 134 valence electrons. The summed E-state index contributed by atoms with van der Waals surface area (Å²) in [6, 6.07) is 10.1. The molecule has 8 heteroatoms. The first-order valence-corrected chi connectivity index (χ1v) is 8.12. The molecule has 0 aliphatic rings. The van der Waals surface area contributed by atoms with E-state index >= 15 is 0 Å². The third-order valence-electron chi connectivity index (χ3n) is 3.75. The van der Waals surface area contributed by atoms with Crippen LogP contribution in [0.3, 0.4) is 0 Å². The molecule has 0 bridgehead atoms. The van der Waals surface area contributed by atoms with Crippen LogP contribution >= 0.6 is 0 Å². The smallest absolute Gasteiger partial charge is 0.274 e. The number of nitrogens with one attached hydrogen (secondary N) is 2. The zero-order chi connectivity index (χ0) is 18.7. The third-order valence-corrected chi connectivity index (χ3v) is 3.75. The monoisotopic (exact) mass is 353 g/mol. The van der Waals surface area contributed by atoms with E-state index in [0.29, 0.717) is 12.1 Å². The summed E-state index contributed by atoms with van der Waals surface area (Å²) in [4.78, 5) is 33.0. The lowest BCUT2D eigenvalue weighted by Gasteiger charge is -2.05. The van der Waals surface area contributed by atoms with Gasteiger partial charge >= 0.3 is 0 Å². The maximum atomic E-state index is 12.4. The SMILES string of the molecule is Cc1cc(C)nc(-n2[nH]c(C(=O)Nc3ccc(CCO)cc3)cc2=O)n1. The number of hydrogen-bond donors (Lipinski definition) is 3. The minimum Gasteiger partial charge on any atom is -0.396 e. The van der Waals surface area contributed by atoms with E-state index in [4.69, 9.17) is 5.11 Å². The molecule has 3 N–H and O–H groups in total. The topological polar surface area (TPSA) is 113 Å². The number of aromatic amines is 1. The quantitative estimate of drug-likeness (QED) is 0.641. The number of carbonyl (C=O) groups is 1. The highest BCUT2D eigenvalue weighted by atomic mass is 16.3. The summed E-state index contributed by atoms with van der Waals surface area (Å²) in [5.41, 5.74) is 2.70. The normalized spacial score (nSPS) is 10.7. The second-order valence-electron chi connectivity index (χ2n) is 5.92. The van der Waals surface area contributed by atoms with Gasteiger partial charge in [0.15, 0.2) is 0 Å². The van der Waals surface area contributed by atoms with Crippen molar-refractivity contribution in [1.29, 1.82) is 0 Å². The number of rotatable bonds is 5. The van der Waals surface area contributed by atoms with Crippen LogP contribution in [0, 0.1) is 13.8 Å². The highest BCUT2D eigenvalue weighted by molar-refractivity contribution is 6.02. The van der Waals surface area contributed by atoms with E-state index in [1.165, 1.54) is 6.07 Å². The van der Waals surface area contributed by atoms with E-state index in [2.05, 4.69) is 20.4 Å². The lowest BCUT2D eigenvalue weighted by Crippen LogP contribution is -2.17. The van der Waals surface area contributed by atoms with E-state index < -0.39 is 11.5 Å². The first-order valence-electron chi connectivity index (χ1n) is 8.12. The van der Waals surface area contributed by atoms with E-state index in [-0.39, 0.29) is 18.2 Å². The van der Waals surface area contributed by atoms with Crippen molar-refractivity contribution in [2.24, 2.45) is 0 Å². The standard InChI is InChI=1S/C18H19N5O3/c1-11-9-12(2)20-18(19-11)23-16(25)10-15(22-23)17(26)21-14-5-3-13(4-6-14)7-8-24/h3-6,9-10,22,24H,7-8H2,1-2H3,(H,21,26). The maximum absolute atomic E-state index is 12.4. The van der Waals surface area contributed by atoms with Crippen LogP contribution in [-0.4, -0.2) is 37.4 Å². The van der Waals surface area contributed by atoms with Gasteiger partial charge in [0.05, 0.1) is 0 Å². The molecule has 0 aliphatic carbocycles. The third kappa shape index (κ3) is 3.86. The molecule has 2 heterocycles. The molecular weight excluding hydrogens is 334 g/mol. The molecule has 1 aromatic carbocycles. The Morgan fingerprint density at radius 1 is 1.15 bits per heavy atom. The van der Waals surface area contributed by atoms with E-state index in [0.717, 1.165) is 21.6 Å². The minimum atomic E-state index is -0.444. The zero-order valence-corrected chi connectivity index (χ0v) is 14.5. The van der Waals surface area contributed by atoms with E-state index in [1.54, 1.807) is 32.0 Å². The van der Waals surface area contributed by atoms with Crippen LogP contribution in [0.5, 0.6) is 0 Å². The molecule has 0 spiro atoms. The Kier molecular flexibility index (Phi) is 4.94. The van der Waals surface area contributed by atoms with Gasteiger partial charge in [0.2, 0.25) is 0 Å². The molecule has 0 radical (unpaired) electrons. The fourth-order valence-electron chi connectivity index (χ4n) is 2.55. The zero-order valence-electron chi connectivity index (χ0n) is 14.5. The van der Waals surface area contributed by atoms with Gasteiger partial charge < -0.3 is 10.4 Å². The van der Waals surface area contributed by atoms with Crippen LogP contribution in [0.15, 0.2) is 41.2 Å². The van der Waals surface area contributed by atoms with Crippen molar-refractivity contribution in [3.63, 3.8) is 0 Å². The fourth-order valence-corrected chi connectivity index (χ4v) is 2.55. The van der Waals surface area contributed by atoms with Crippen LogP contribution < -0.4 is 10.9 Å². The maximum Gasteiger partial charge on any atom is 0.274 e. The van der Waals surface area contributed by atoms with Crippen molar-refractivity contribution in [1.82, 2.24) is 19.7 Å². The Bertz CT molecular complexity index is 969. The van der Waals surface area contributed by atoms with Crippen LogP contribution in [0.4, 0.5) is 5.69 Å². The van der Waals surface area contributed by atoms with Crippen LogP contribution in [0.2, 0.25) is 0 Å². The second kappa shape index (κ2) is 7.32. The Balaban J connectivity index is 1.81. The molecule has 3 aromatic rings. The number of aromatic nitrogens is 4. The molecule has 0 saturated carbocycles. The summed E-state index contributed by atoms with van der Waals surface area (Å²) in [5, 5.41) is 14.4. The van der Waals surface area contributed by atoms with Gasteiger partial charge in [0.25, 0.3) is 17.4 Å². The fraction of sp³-hybridized carbons (Fsp3) is 0.222. The van der Waals surface area contributed by atoms with Crippen molar-refractivity contribution in [2.45, 2.75) is 20.3 Å². The van der Waals surface area contributed by atoms with E-state index in [1.807, 2.05) is 12.1 Å². The van der Waals surface area contributed by atoms with Crippen LogP contribution in [0.25, 0.3) is 5.95 Å². The molecule has 1 amide bonds. The Morgan fingerprint density at radius 2 is 1.81 bits per heavy atom. The number of aliphatic hydroxyl groups excluding tert-OH is 1. The van der Waals surface area contributed by atoms with E-state index in [9.17, 15) is 9.59 Å². The molecule has 0 saturated heterocycles. The highest BCUT2D eigenvalue weighted by Crippen LogP contribution is 2.11. The molecule has 8 nitrogen and oxygen atoms in total.